The van der Waals surface area contributed by atoms with Crippen molar-refractivity contribution in [3.63, 3.8) is 0 Å². The third-order valence-corrected chi connectivity index (χ3v) is 4.25. The van der Waals surface area contributed by atoms with Crippen LogP contribution in [0.4, 0.5) is 5.69 Å². The number of carbonyl (C=O) groups is 2. The van der Waals surface area contributed by atoms with Crippen molar-refractivity contribution in [1.82, 2.24) is 20.1 Å². The van der Waals surface area contributed by atoms with E-state index in [1.165, 1.54) is 18.3 Å². The van der Waals surface area contributed by atoms with Crippen LogP contribution < -0.4 is 10.6 Å². The van der Waals surface area contributed by atoms with Gasteiger partial charge in [-0.1, -0.05) is 0 Å². The molecule has 3 rings (SSSR count). The van der Waals surface area contributed by atoms with Gasteiger partial charge >= 0.3 is 0 Å². The van der Waals surface area contributed by atoms with Gasteiger partial charge in [-0.25, -0.2) is 9.67 Å². The van der Waals surface area contributed by atoms with E-state index in [1.54, 1.807) is 35.1 Å². The van der Waals surface area contributed by atoms with Crippen molar-refractivity contribution in [2.75, 3.05) is 11.9 Å². The van der Waals surface area contributed by atoms with E-state index >= 15 is 0 Å². The lowest BCUT2D eigenvalue weighted by atomic mass is 10.2. The highest BCUT2D eigenvalue weighted by atomic mass is 32.1. The van der Waals surface area contributed by atoms with Crippen LogP contribution in [0.3, 0.4) is 0 Å². The van der Waals surface area contributed by atoms with E-state index in [2.05, 4.69) is 20.7 Å². The van der Waals surface area contributed by atoms with Crippen LogP contribution in [-0.4, -0.2) is 33.1 Å². The molecule has 7 nitrogen and oxygen atoms in total. The molecule has 0 aliphatic carbocycles. The minimum atomic E-state index is -0.156. The lowest BCUT2D eigenvalue weighted by Crippen LogP contribution is -2.25. The molecule has 3 aromatic rings. The largest absolute Gasteiger partial charge is 0.352 e. The van der Waals surface area contributed by atoms with Gasteiger partial charge < -0.3 is 10.6 Å². The van der Waals surface area contributed by atoms with E-state index in [9.17, 15) is 9.59 Å². The highest BCUT2D eigenvalue weighted by Gasteiger charge is 2.07. The Morgan fingerprint density at radius 1 is 1.24 bits per heavy atom. The Morgan fingerprint density at radius 3 is 2.72 bits per heavy atom. The molecule has 25 heavy (non-hydrogen) atoms. The van der Waals surface area contributed by atoms with Crippen molar-refractivity contribution in [3.05, 3.63) is 59.4 Å². The summed E-state index contributed by atoms with van der Waals surface area (Å²) in [7, 11) is 0. The number of aromatic nitrogens is 3. The van der Waals surface area contributed by atoms with Crippen LogP contribution in [0.1, 0.15) is 23.0 Å². The predicted octanol–water partition coefficient (Wildman–Crippen LogP) is 2.26. The van der Waals surface area contributed by atoms with E-state index in [1.807, 2.05) is 17.6 Å². The summed E-state index contributed by atoms with van der Waals surface area (Å²) >= 11 is 1.51. The van der Waals surface area contributed by atoms with Gasteiger partial charge in [0.25, 0.3) is 5.91 Å². The Kier molecular flexibility index (Phi) is 5.20. The number of hydrogen-bond donors (Lipinski definition) is 2. The number of thiazole rings is 1. The summed E-state index contributed by atoms with van der Waals surface area (Å²) in [4.78, 5) is 27.6. The molecule has 0 unspecified atom stereocenters. The number of rotatable bonds is 6. The zero-order valence-electron chi connectivity index (χ0n) is 13.6. The summed E-state index contributed by atoms with van der Waals surface area (Å²) in [5.41, 5.74) is 2.12. The van der Waals surface area contributed by atoms with E-state index in [0.29, 0.717) is 24.2 Å². The number of hydrogen-bond acceptors (Lipinski definition) is 5. The zero-order valence-corrected chi connectivity index (χ0v) is 14.4. The first-order chi connectivity index (χ1) is 12.1. The standard InChI is InChI=1S/C17H17N5O2S/c1-12(23)20-14-5-3-13(4-6-14)16(24)18-9-7-15-11-25-17(21-15)22-10-2-8-19-22/h2-6,8,10-11H,7,9H2,1H3,(H,18,24)(H,20,23). The molecule has 1 aromatic carbocycles. The van der Waals surface area contributed by atoms with Crippen molar-refractivity contribution < 1.29 is 9.59 Å². The number of benzene rings is 1. The van der Waals surface area contributed by atoms with Crippen molar-refractivity contribution in [2.45, 2.75) is 13.3 Å². The molecule has 0 spiro atoms. The van der Waals surface area contributed by atoms with Crippen LogP contribution in [0.5, 0.6) is 0 Å². The van der Waals surface area contributed by atoms with Crippen LogP contribution in [0, 0.1) is 0 Å². The molecule has 0 aliphatic heterocycles. The first-order valence-electron chi connectivity index (χ1n) is 7.72. The van der Waals surface area contributed by atoms with Gasteiger partial charge in [0.2, 0.25) is 11.0 Å². The molecule has 0 saturated carbocycles. The molecule has 2 aromatic heterocycles. The van der Waals surface area contributed by atoms with Crippen LogP contribution in [0.2, 0.25) is 0 Å². The minimum Gasteiger partial charge on any atom is -0.352 e. The summed E-state index contributed by atoms with van der Waals surface area (Å²) < 4.78 is 1.71. The second-order valence-electron chi connectivity index (χ2n) is 5.34. The van der Waals surface area contributed by atoms with Crippen molar-refractivity contribution in [1.29, 1.82) is 0 Å². The third-order valence-electron chi connectivity index (χ3n) is 3.37. The van der Waals surface area contributed by atoms with Gasteiger partial charge in [-0.2, -0.15) is 5.10 Å². The predicted molar refractivity (Wildman–Crippen MR) is 96.0 cm³/mol. The summed E-state index contributed by atoms with van der Waals surface area (Å²) in [6, 6.07) is 8.61. The van der Waals surface area contributed by atoms with Crippen LogP contribution in [-0.2, 0) is 11.2 Å². The van der Waals surface area contributed by atoms with Gasteiger partial charge in [0.1, 0.15) is 0 Å². The van der Waals surface area contributed by atoms with Crippen LogP contribution in [0.25, 0.3) is 5.13 Å². The lowest BCUT2D eigenvalue weighted by molar-refractivity contribution is -0.114. The Morgan fingerprint density at radius 2 is 2.04 bits per heavy atom. The van der Waals surface area contributed by atoms with Crippen molar-refractivity contribution in [2.24, 2.45) is 0 Å². The molecule has 2 heterocycles. The first-order valence-corrected chi connectivity index (χ1v) is 8.60. The van der Waals surface area contributed by atoms with Gasteiger partial charge in [-0.05, 0) is 30.3 Å². The topological polar surface area (TPSA) is 88.9 Å². The molecule has 0 aliphatic rings. The zero-order chi connectivity index (χ0) is 17.6. The fourth-order valence-corrected chi connectivity index (χ4v) is 3.01. The minimum absolute atomic E-state index is 0.144. The lowest BCUT2D eigenvalue weighted by Gasteiger charge is -2.06. The highest BCUT2D eigenvalue weighted by Crippen LogP contribution is 2.14. The van der Waals surface area contributed by atoms with Gasteiger partial charge in [0.05, 0.1) is 5.69 Å². The number of anilines is 1. The second-order valence-corrected chi connectivity index (χ2v) is 6.17. The van der Waals surface area contributed by atoms with E-state index in [4.69, 9.17) is 0 Å². The Balaban J connectivity index is 1.50. The Bertz CT molecular complexity index is 856. The van der Waals surface area contributed by atoms with Gasteiger partial charge in [-0.15, -0.1) is 11.3 Å². The highest BCUT2D eigenvalue weighted by molar-refractivity contribution is 7.12. The first kappa shape index (κ1) is 16.8. The summed E-state index contributed by atoms with van der Waals surface area (Å²) in [5.74, 6) is -0.299. The monoisotopic (exact) mass is 355 g/mol. The van der Waals surface area contributed by atoms with Gasteiger partial charge in [0, 0.05) is 48.9 Å². The quantitative estimate of drug-likeness (QED) is 0.710. The molecule has 0 atom stereocenters. The number of carbonyl (C=O) groups excluding carboxylic acids is 2. The molecular weight excluding hydrogens is 338 g/mol. The Hall–Kier alpha value is -3.00. The summed E-state index contributed by atoms with van der Waals surface area (Å²) in [5, 5.41) is 12.4. The molecule has 2 N–H and O–H groups in total. The maximum Gasteiger partial charge on any atom is 0.251 e. The average Bonchev–Trinajstić information content (AvgIpc) is 3.26. The third kappa shape index (κ3) is 4.51. The van der Waals surface area contributed by atoms with Crippen LogP contribution >= 0.6 is 11.3 Å². The maximum absolute atomic E-state index is 12.1. The second kappa shape index (κ2) is 7.71. The molecule has 8 heteroatoms. The SMILES string of the molecule is CC(=O)Nc1ccc(C(=O)NCCc2csc(-n3cccn3)n2)cc1. The molecular formula is C17H17N5O2S. The normalized spacial score (nSPS) is 10.4. The summed E-state index contributed by atoms with van der Waals surface area (Å²) in [6.07, 6.45) is 4.20. The Labute approximate surface area is 148 Å². The smallest absolute Gasteiger partial charge is 0.251 e. The van der Waals surface area contributed by atoms with Gasteiger partial charge in [-0.3, -0.25) is 9.59 Å². The molecule has 0 fully saturated rings. The van der Waals surface area contributed by atoms with Crippen molar-refractivity contribution in [3.8, 4) is 5.13 Å². The average molecular weight is 355 g/mol. The van der Waals surface area contributed by atoms with Crippen LogP contribution in [0.15, 0.2) is 48.1 Å². The number of amides is 2. The molecule has 2 amide bonds. The van der Waals surface area contributed by atoms with E-state index in [-0.39, 0.29) is 11.8 Å². The summed E-state index contributed by atoms with van der Waals surface area (Å²) in [6.45, 7) is 1.94. The molecule has 128 valence electrons. The molecule has 0 bridgehead atoms. The maximum atomic E-state index is 12.1. The van der Waals surface area contributed by atoms with E-state index < -0.39 is 0 Å². The fourth-order valence-electron chi connectivity index (χ4n) is 2.21. The number of nitrogens with zero attached hydrogens (tertiary/aromatic N) is 3. The van der Waals surface area contributed by atoms with Gasteiger partial charge in [0.15, 0.2) is 0 Å². The molecule has 0 radical (unpaired) electrons. The molecule has 0 saturated heterocycles. The van der Waals surface area contributed by atoms with E-state index in [0.717, 1.165) is 10.8 Å². The van der Waals surface area contributed by atoms with Crippen molar-refractivity contribution >= 4 is 28.8 Å². The fraction of sp³-hybridized carbons (Fsp3) is 0.176. The number of nitrogens with one attached hydrogen (secondary N) is 2.